The lowest BCUT2D eigenvalue weighted by Crippen LogP contribution is -2.45. The topological polar surface area (TPSA) is 90.5 Å². The van der Waals surface area contributed by atoms with E-state index in [9.17, 15) is 14.0 Å². The number of pyridine rings is 2. The van der Waals surface area contributed by atoms with Crippen LogP contribution in [0.4, 0.5) is 10.1 Å². The van der Waals surface area contributed by atoms with Gasteiger partial charge in [0.25, 0.3) is 0 Å². The molecule has 1 aliphatic carbocycles. The Morgan fingerprint density at radius 2 is 1.78 bits per heavy atom. The molecule has 2 amide bonds. The third kappa shape index (κ3) is 8.80. The van der Waals surface area contributed by atoms with Gasteiger partial charge in [0.05, 0.1) is 20.8 Å². The molecule has 2 aliphatic rings. The Morgan fingerprint density at radius 3 is 2.34 bits per heavy atom. The highest BCUT2D eigenvalue weighted by atomic mass is 32.1. The van der Waals surface area contributed by atoms with Crippen LogP contribution in [0.5, 0.6) is 0 Å². The van der Waals surface area contributed by atoms with Crippen molar-refractivity contribution in [3.05, 3.63) is 77.4 Å². The molecule has 1 saturated carbocycles. The van der Waals surface area contributed by atoms with Crippen molar-refractivity contribution in [1.82, 2.24) is 25.1 Å². The zero-order valence-corrected chi connectivity index (χ0v) is 24.6. The predicted molar refractivity (Wildman–Crippen MR) is 163 cm³/mol. The first-order valence-corrected chi connectivity index (χ1v) is 14.6. The van der Waals surface area contributed by atoms with Crippen LogP contribution in [0.3, 0.4) is 0 Å². The number of hydrogen-bond acceptors (Lipinski definition) is 7. The van der Waals surface area contributed by atoms with Crippen LogP contribution < -0.4 is 10.6 Å². The van der Waals surface area contributed by atoms with Gasteiger partial charge in [-0.25, -0.2) is 4.39 Å². The normalized spacial score (nSPS) is 14.8. The number of benzene rings is 1. The number of thiophene rings is 1. The average Bonchev–Trinajstić information content (AvgIpc) is 3.71. The summed E-state index contributed by atoms with van der Waals surface area (Å²) in [5, 5.41) is 5.49. The zero-order chi connectivity index (χ0) is 29.2. The second kappa shape index (κ2) is 14.7. The van der Waals surface area contributed by atoms with Gasteiger partial charge in [0.2, 0.25) is 12.8 Å². The summed E-state index contributed by atoms with van der Waals surface area (Å²) < 4.78 is 14.0. The molecule has 4 heterocycles. The molecule has 0 radical (unpaired) electrons. The van der Waals surface area contributed by atoms with Crippen LogP contribution in [0.2, 0.25) is 0 Å². The minimum Gasteiger partial charge on any atom is -0.388 e. The average molecular weight is 577 g/mol. The molecule has 2 N–H and O–H groups in total. The fourth-order valence-corrected chi connectivity index (χ4v) is 5.30. The fourth-order valence-electron chi connectivity index (χ4n) is 4.23. The van der Waals surface area contributed by atoms with E-state index in [0.717, 1.165) is 67.3 Å². The van der Waals surface area contributed by atoms with Gasteiger partial charge in [-0.15, -0.1) is 11.3 Å². The number of halogens is 1. The van der Waals surface area contributed by atoms with Crippen molar-refractivity contribution in [2.45, 2.75) is 39.3 Å². The molecule has 0 spiro atoms. The number of nitrogens with zero attached hydrogens (tertiary/aromatic N) is 4. The van der Waals surface area contributed by atoms with E-state index in [1.807, 2.05) is 29.4 Å². The number of fused-ring (bicyclic) bond motifs is 1. The minimum absolute atomic E-state index is 0.160. The quantitative estimate of drug-likeness (QED) is 0.301. The first kappa shape index (κ1) is 30.1. The van der Waals surface area contributed by atoms with Crippen molar-refractivity contribution in [3.63, 3.8) is 0 Å². The van der Waals surface area contributed by atoms with E-state index in [0.29, 0.717) is 11.6 Å². The number of carbonyl (C=O) groups is 2. The maximum Gasteiger partial charge on any atom is 0.209 e. The lowest BCUT2D eigenvalue weighted by atomic mass is 10.2. The molecule has 10 heteroatoms. The first-order valence-electron chi connectivity index (χ1n) is 13.8. The van der Waals surface area contributed by atoms with E-state index < -0.39 is 0 Å². The maximum atomic E-state index is 12.7. The molecule has 2 fully saturated rings. The number of amides is 2. The van der Waals surface area contributed by atoms with Gasteiger partial charge in [0, 0.05) is 63.9 Å². The second-order valence-electron chi connectivity index (χ2n) is 10.2. The summed E-state index contributed by atoms with van der Waals surface area (Å²) in [6.07, 6.45) is 7.88. The Bertz CT molecular complexity index is 1430. The van der Waals surface area contributed by atoms with Crippen LogP contribution in [0, 0.1) is 19.7 Å². The van der Waals surface area contributed by atoms with E-state index in [-0.39, 0.29) is 5.82 Å². The Hall–Kier alpha value is -3.89. The van der Waals surface area contributed by atoms with E-state index >= 15 is 0 Å². The van der Waals surface area contributed by atoms with Crippen molar-refractivity contribution in [2.75, 3.05) is 38.5 Å². The van der Waals surface area contributed by atoms with Gasteiger partial charge in [0.15, 0.2) is 0 Å². The smallest absolute Gasteiger partial charge is 0.209 e. The van der Waals surface area contributed by atoms with Crippen LogP contribution in [0.15, 0.2) is 54.9 Å². The number of aromatic nitrogens is 2. The van der Waals surface area contributed by atoms with E-state index in [1.165, 1.54) is 34.7 Å². The Balaban J connectivity index is 0.000000197. The summed E-state index contributed by atoms with van der Waals surface area (Å²) >= 11 is 1.75. The molecule has 41 heavy (non-hydrogen) atoms. The Labute approximate surface area is 244 Å². The van der Waals surface area contributed by atoms with Crippen molar-refractivity contribution in [1.29, 1.82) is 0 Å². The van der Waals surface area contributed by atoms with Crippen LogP contribution >= 0.6 is 11.3 Å². The summed E-state index contributed by atoms with van der Waals surface area (Å²) in [6, 6.07) is 14.0. The summed E-state index contributed by atoms with van der Waals surface area (Å²) in [5.41, 5.74) is 5.99. The van der Waals surface area contributed by atoms with Crippen molar-refractivity contribution < 1.29 is 14.0 Å². The molecule has 6 rings (SSSR count). The highest BCUT2D eigenvalue weighted by Gasteiger charge is 2.19. The largest absolute Gasteiger partial charge is 0.388 e. The van der Waals surface area contributed by atoms with Gasteiger partial charge >= 0.3 is 0 Å². The number of hydrogen-bond donors (Lipinski definition) is 2. The molecule has 8 nitrogen and oxygen atoms in total. The number of anilines is 1. The molecule has 1 aromatic carbocycles. The molecule has 0 unspecified atom stereocenters. The molecule has 1 saturated heterocycles. The third-order valence-corrected chi connectivity index (χ3v) is 8.27. The third-order valence-electron chi connectivity index (χ3n) is 6.99. The molecule has 216 valence electrons. The van der Waals surface area contributed by atoms with Crippen LogP contribution in [0.1, 0.15) is 29.5 Å². The number of aryl methyl sites for hydroxylation is 2. The van der Waals surface area contributed by atoms with Crippen molar-refractivity contribution in [2.24, 2.45) is 0 Å². The van der Waals surface area contributed by atoms with E-state index in [2.05, 4.69) is 50.6 Å². The second-order valence-corrected chi connectivity index (χ2v) is 11.2. The summed E-state index contributed by atoms with van der Waals surface area (Å²) in [5.74, 6) is -0.160. The summed E-state index contributed by atoms with van der Waals surface area (Å²) in [6.45, 7) is 8.20. The lowest BCUT2D eigenvalue weighted by Gasteiger charge is -2.32. The Morgan fingerprint density at radius 1 is 1.00 bits per heavy atom. The minimum atomic E-state index is -0.160. The predicted octanol–water partition coefficient (Wildman–Crippen LogP) is 5.01. The number of carbonyl (C=O) groups excluding carboxylic acids is 2. The number of rotatable bonds is 7. The molecular weight excluding hydrogens is 539 g/mol. The first-order chi connectivity index (χ1) is 19.9. The van der Waals surface area contributed by atoms with Gasteiger partial charge in [-0.1, -0.05) is 12.1 Å². The summed E-state index contributed by atoms with van der Waals surface area (Å²) in [4.78, 5) is 34.8. The van der Waals surface area contributed by atoms with Crippen molar-refractivity contribution >= 4 is 40.1 Å². The number of nitrogens with one attached hydrogen (secondary N) is 2. The molecular formula is C31H37FN6O2S. The zero-order valence-electron chi connectivity index (χ0n) is 23.8. The van der Waals surface area contributed by atoms with Gasteiger partial charge in [-0.2, -0.15) is 0 Å². The molecule has 1 aliphatic heterocycles. The fraction of sp³-hybridized carbons (Fsp3) is 0.355. The monoisotopic (exact) mass is 576 g/mol. The molecule has 0 bridgehead atoms. The summed E-state index contributed by atoms with van der Waals surface area (Å²) in [7, 11) is 1.77. The van der Waals surface area contributed by atoms with Gasteiger partial charge in [-0.05, 0) is 73.7 Å². The van der Waals surface area contributed by atoms with Gasteiger partial charge in [0.1, 0.15) is 5.82 Å². The molecule has 3 aromatic heterocycles. The van der Waals surface area contributed by atoms with Crippen LogP contribution in [-0.2, 0) is 16.1 Å². The molecule has 0 atom stereocenters. The SMILES string of the molecule is CNc1ccc(C)c(F)c1.Cc1ccnc2cc(-c3ccc(CN4CCN(C=O)CC4)cn3)sc12.O=CNC1CC1. The van der Waals surface area contributed by atoms with Crippen LogP contribution in [-0.4, -0.2) is 71.9 Å². The highest BCUT2D eigenvalue weighted by molar-refractivity contribution is 7.22. The van der Waals surface area contributed by atoms with E-state index in [4.69, 9.17) is 0 Å². The van der Waals surface area contributed by atoms with Crippen molar-refractivity contribution in [3.8, 4) is 10.6 Å². The van der Waals surface area contributed by atoms with Gasteiger partial charge < -0.3 is 15.5 Å². The van der Waals surface area contributed by atoms with Gasteiger partial charge in [-0.3, -0.25) is 24.5 Å². The number of piperazine rings is 1. The lowest BCUT2D eigenvalue weighted by molar-refractivity contribution is -0.119. The highest BCUT2D eigenvalue weighted by Crippen LogP contribution is 2.33. The Kier molecular flexibility index (Phi) is 10.8. The standard InChI is InChI=1S/C19H20N4OS.C8H10FN.C4H7NO/c1-14-4-5-20-17-10-18(25-19(14)17)16-3-2-15(11-21-16)12-22-6-8-23(13-24)9-7-22;1-6-3-4-7(10-2)5-8(6)9;6-3-5-4-1-2-4/h2-5,10-11,13H,6-9,12H2,1H3;3-5,10H,1-2H3;3-4H,1-2H2,(H,5,6). The maximum absolute atomic E-state index is 12.7. The van der Waals surface area contributed by atoms with E-state index in [1.54, 1.807) is 31.4 Å². The molecule has 4 aromatic rings. The van der Waals surface area contributed by atoms with Crippen LogP contribution in [0.25, 0.3) is 20.8 Å².